The van der Waals surface area contributed by atoms with Crippen LogP contribution < -0.4 is 14.8 Å². The van der Waals surface area contributed by atoms with Crippen molar-refractivity contribution in [3.8, 4) is 22.1 Å². The van der Waals surface area contributed by atoms with E-state index in [2.05, 4.69) is 24.1 Å². The number of carbonyl (C=O) groups excluding carboxylic acids is 1. The van der Waals surface area contributed by atoms with Crippen LogP contribution in [0.15, 0.2) is 47.8 Å². The maximum Gasteiger partial charge on any atom is 0.226 e. The highest BCUT2D eigenvalue weighted by Gasteiger charge is 2.22. The predicted octanol–water partition coefficient (Wildman–Crippen LogP) is 5.29. The van der Waals surface area contributed by atoms with Gasteiger partial charge in [-0.25, -0.2) is 4.98 Å². The van der Waals surface area contributed by atoms with Gasteiger partial charge >= 0.3 is 0 Å². The van der Waals surface area contributed by atoms with Crippen LogP contribution in [-0.2, 0) is 11.2 Å². The van der Waals surface area contributed by atoms with E-state index in [4.69, 9.17) is 21.1 Å². The molecule has 4 rings (SSSR count). The van der Waals surface area contributed by atoms with Crippen LogP contribution >= 0.6 is 22.9 Å². The Hall–Kier alpha value is -2.57. The molecule has 0 aliphatic carbocycles. The van der Waals surface area contributed by atoms with E-state index >= 15 is 0 Å². The van der Waals surface area contributed by atoms with Crippen LogP contribution in [0.1, 0.15) is 31.1 Å². The number of amides is 1. The lowest BCUT2D eigenvalue weighted by Crippen LogP contribution is -2.33. The molecule has 0 saturated heterocycles. The average Bonchev–Trinajstić information content (AvgIpc) is 3.20. The molecule has 1 N–H and O–H groups in total. The third-order valence-electron chi connectivity index (χ3n) is 4.91. The molecule has 5 nitrogen and oxygen atoms in total. The predicted molar refractivity (Wildman–Crippen MR) is 119 cm³/mol. The van der Waals surface area contributed by atoms with Crippen LogP contribution in [-0.4, -0.2) is 24.1 Å². The average molecular weight is 443 g/mol. The zero-order chi connectivity index (χ0) is 21.1. The molecule has 1 aliphatic rings. The fraction of sp³-hybridized carbons (Fsp3) is 0.304. The van der Waals surface area contributed by atoms with Crippen molar-refractivity contribution in [2.75, 3.05) is 13.2 Å². The summed E-state index contributed by atoms with van der Waals surface area (Å²) in [6.45, 7) is 5.26. The molecule has 1 atom stereocenters. The van der Waals surface area contributed by atoms with Gasteiger partial charge in [0.1, 0.15) is 18.2 Å². The second kappa shape index (κ2) is 9.06. The molecular formula is C23H23ClN2O3S. The fourth-order valence-corrected chi connectivity index (χ4v) is 4.56. The van der Waals surface area contributed by atoms with E-state index in [1.807, 2.05) is 47.8 Å². The number of hydrogen-bond donors (Lipinski definition) is 1. The molecule has 30 heavy (non-hydrogen) atoms. The molecule has 156 valence electrons. The summed E-state index contributed by atoms with van der Waals surface area (Å²) >= 11 is 7.75. The van der Waals surface area contributed by atoms with Gasteiger partial charge in [0, 0.05) is 10.9 Å². The van der Waals surface area contributed by atoms with Gasteiger partial charge in [-0.1, -0.05) is 49.7 Å². The number of carbonyl (C=O) groups is 1. The summed E-state index contributed by atoms with van der Waals surface area (Å²) in [5.41, 5.74) is 2.61. The normalized spacial score (nSPS) is 13.9. The van der Waals surface area contributed by atoms with Crippen LogP contribution in [0.2, 0.25) is 5.02 Å². The highest BCUT2D eigenvalue weighted by molar-refractivity contribution is 7.13. The summed E-state index contributed by atoms with van der Waals surface area (Å²) in [4.78, 5) is 17.4. The van der Waals surface area contributed by atoms with Gasteiger partial charge in [0.2, 0.25) is 5.91 Å². The standard InChI is InChI=1S/C23H23ClN2O3S/c1-14(2)22(15-7-8-19-20(11-15)29-10-9-28-19)26-21(27)12-16-13-30-23(25-16)17-5-3-4-6-18(17)24/h3-8,11,13-14,22H,9-10,12H2,1-2H3,(H,26,27). The largest absolute Gasteiger partial charge is 0.486 e. The first-order chi connectivity index (χ1) is 14.5. The van der Waals surface area contributed by atoms with Gasteiger partial charge in [0.15, 0.2) is 11.5 Å². The first-order valence-corrected chi connectivity index (χ1v) is 11.1. The number of fused-ring (bicyclic) bond motifs is 1. The topological polar surface area (TPSA) is 60.5 Å². The van der Waals surface area contributed by atoms with Crippen LogP contribution in [0.4, 0.5) is 0 Å². The lowest BCUT2D eigenvalue weighted by atomic mass is 9.95. The highest BCUT2D eigenvalue weighted by atomic mass is 35.5. The van der Waals surface area contributed by atoms with E-state index in [-0.39, 0.29) is 24.3 Å². The smallest absolute Gasteiger partial charge is 0.226 e. The van der Waals surface area contributed by atoms with Crippen LogP contribution in [0.3, 0.4) is 0 Å². The van der Waals surface area contributed by atoms with Gasteiger partial charge < -0.3 is 14.8 Å². The van der Waals surface area contributed by atoms with E-state index < -0.39 is 0 Å². The highest BCUT2D eigenvalue weighted by Crippen LogP contribution is 2.34. The van der Waals surface area contributed by atoms with E-state index in [0.717, 1.165) is 33.3 Å². The molecule has 0 saturated carbocycles. The Morgan fingerprint density at radius 3 is 2.70 bits per heavy atom. The minimum atomic E-state index is -0.130. The van der Waals surface area contributed by atoms with E-state index in [9.17, 15) is 4.79 Å². The maximum atomic E-state index is 12.8. The van der Waals surface area contributed by atoms with Gasteiger partial charge in [-0.3, -0.25) is 4.79 Å². The molecular weight excluding hydrogens is 420 g/mol. The van der Waals surface area contributed by atoms with Gasteiger partial charge in [-0.05, 0) is 29.7 Å². The van der Waals surface area contributed by atoms with Crippen molar-refractivity contribution in [2.45, 2.75) is 26.3 Å². The number of rotatable bonds is 6. The Labute approximate surface area is 185 Å². The second-order valence-electron chi connectivity index (χ2n) is 7.49. The number of benzene rings is 2. The van der Waals surface area contributed by atoms with E-state index in [0.29, 0.717) is 18.2 Å². The molecule has 0 radical (unpaired) electrons. The summed E-state index contributed by atoms with van der Waals surface area (Å²) < 4.78 is 11.3. The van der Waals surface area contributed by atoms with Crippen molar-refractivity contribution < 1.29 is 14.3 Å². The fourth-order valence-electron chi connectivity index (χ4n) is 3.42. The van der Waals surface area contributed by atoms with E-state index in [1.165, 1.54) is 11.3 Å². The molecule has 1 aromatic heterocycles. The van der Waals surface area contributed by atoms with E-state index in [1.54, 1.807) is 0 Å². The monoisotopic (exact) mass is 442 g/mol. The molecule has 1 aliphatic heterocycles. The summed E-state index contributed by atoms with van der Waals surface area (Å²) in [5.74, 6) is 1.61. The maximum absolute atomic E-state index is 12.8. The zero-order valence-corrected chi connectivity index (χ0v) is 18.4. The van der Waals surface area contributed by atoms with Gasteiger partial charge in [0.25, 0.3) is 0 Å². The lowest BCUT2D eigenvalue weighted by molar-refractivity contribution is -0.121. The van der Waals surface area contributed by atoms with Crippen LogP contribution in [0.25, 0.3) is 10.6 Å². The van der Waals surface area contributed by atoms with Crippen molar-refractivity contribution in [1.29, 1.82) is 0 Å². The number of halogens is 1. The Balaban J connectivity index is 1.46. The van der Waals surface area contributed by atoms with Gasteiger partial charge in [0.05, 0.1) is 23.2 Å². The van der Waals surface area contributed by atoms with Crippen LogP contribution in [0, 0.1) is 5.92 Å². The number of ether oxygens (including phenoxy) is 2. The number of aromatic nitrogens is 1. The van der Waals surface area contributed by atoms with Gasteiger partial charge in [-0.15, -0.1) is 11.3 Å². The number of nitrogens with one attached hydrogen (secondary N) is 1. The third-order valence-corrected chi connectivity index (χ3v) is 6.16. The SMILES string of the molecule is CC(C)C(NC(=O)Cc1csc(-c2ccccc2Cl)n1)c1ccc2c(c1)OCCO2. The van der Waals surface area contributed by atoms with Crippen molar-refractivity contribution in [1.82, 2.24) is 10.3 Å². The molecule has 2 aromatic carbocycles. The third kappa shape index (κ3) is 4.60. The minimum absolute atomic E-state index is 0.0698. The Morgan fingerprint density at radius 1 is 1.17 bits per heavy atom. The second-order valence-corrected chi connectivity index (χ2v) is 8.76. The number of nitrogens with zero attached hydrogens (tertiary/aromatic N) is 1. The molecule has 0 fully saturated rings. The zero-order valence-electron chi connectivity index (χ0n) is 16.9. The summed E-state index contributed by atoms with van der Waals surface area (Å²) in [6, 6.07) is 13.3. The number of hydrogen-bond acceptors (Lipinski definition) is 5. The lowest BCUT2D eigenvalue weighted by Gasteiger charge is -2.25. The molecule has 7 heteroatoms. The Morgan fingerprint density at radius 2 is 1.93 bits per heavy atom. The molecule has 1 amide bonds. The first kappa shape index (κ1) is 20.7. The molecule has 3 aromatic rings. The first-order valence-electron chi connectivity index (χ1n) is 9.89. The molecule has 0 bridgehead atoms. The molecule has 2 heterocycles. The molecule has 1 unspecified atom stereocenters. The van der Waals surface area contributed by atoms with Crippen molar-refractivity contribution in [3.05, 3.63) is 64.1 Å². The summed E-state index contributed by atoms with van der Waals surface area (Å²) in [7, 11) is 0. The van der Waals surface area contributed by atoms with Crippen molar-refractivity contribution >= 4 is 28.8 Å². The van der Waals surface area contributed by atoms with Crippen molar-refractivity contribution in [2.24, 2.45) is 5.92 Å². The minimum Gasteiger partial charge on any atom is -0.486 e. The summed E-state index contributed by atoms with van der Waals surface area (Å²) in [6.07, 6.45) is 0.217. The molecule has 0 spiro atoms. The number of thiazole rings is 1. The Bertz CT molecular complexity index is 1050. The van der Waals surface area contributed by atoms with Crippen LogP contribution in [0.5, 0.6) is 11.5 Å². The summed E-state index contributed by atoms with van der Waals surface area (Å²) in [5, 5.41) is 6.53. The van der Waals surface area contributed by atoms with Gasteiger partial charge in [-0.2, -0.15) is 0 Å². The van der Waals surface area contributed by atoms with Crippen molar-refractivity contribution in [3.63, 3.8) is 0 Å². The Kier molecular flexibility index (Phi) is 6.25. The quantitative estimate of drug-likeness (QED) is 0.563.